The summed E-state index contributed by atoms with van der Waals surface area (Å²) in [5.41, 5.74) is 0.341. The predicted octanol–water partition coefficient (Wildman–Crippen LogP) is 3.23. The van der Waals surface area contributed by atoms with Crippen LogP contribution in [0.5, 0.6) is 0 Å². The molecule has 0 saturated carbocycles. The van der Waals surface area contributed by atoms with Gasteiger partial charge in [0.25, 0.3) is 0 Å². The average molecular weight is 225 g/mol. The Morgan fingerprint density at radius 2 is 2.33 bits per heavy atom. The fraction of sp³-hybridized carbons (Fsp3) is 0.286. The molecule has 12 heavy (non-hydrogen) atoms. The topological polar surface area (TPSA) is 26.3 Å². The van der Waals surface area contributed by atoms with Crippen molar-refractivity contribution in [3.63, 3.8) is 0 Å². The molecule has 0 aromatic carbocycles. The van der Waals surface area contributed by atoms with E-state index in [1.54, 1.807) is 6.92 Å². The third-order valence-corrected chi connectivity index (χ3v) is 2.64. The zero-order valence-electron chi connectivity index (χ0n) is 6.27. The number of hydrogen-bond acceptors (Lipinski definition) is 3. The van der Waals surface area contributed by atoms with Crippen molar-refractivity contribution >= 4 is 40.5 Å². The molecule has 0 spiro atoms. The molecule has 1 aromatic heterocycles. The number of esters is 1. The number of carbonyl (C=O) groups excluding carboxylic acids is 1. The molecule has 0 unspecified atom stereocenters. The minimum absolute atomic E-state index is 0.336. The van der Waals surface area contributed by atoms with Crippen LogP contribution in [0.25, 0.3) is 0 Å². The maximum Gasteiger partial charge on any atom is 0.340 e. The van der Waals surface area contributed by atoms with Gasteiger partial charge in [-0.05, 0) is 13.0 Å². The van der Waals surface area contributed by atoms with Gasteiger partial charge in [-0.25, -0.2) is 4.79 Å². The second kappa shape index (κ2) is 4.12. The molecular formula is C7H6Cl2O2S. The molecule has 0 atom stereocenters. The van der Waals surface area contributed by atoms with Crippen LogP contribution in [0.2, 0.25) is 8.67 Å². The van der Waals surface area contributed by atoms with Gasteiger partial charge >= 0.3 is 5.97 Å². The van der Waals surface area contributed by atoms with E-state index in [2.05, 4.69) is 0 Å². The Balaban J connectivity index is 2.87. The molecule has 0 bridgehead atoms. The summed E-state index contributed by atoms with van der Waals surface area (Å²) in [6.45, 7) is 2.07. The third-order valence-electron chi connectivity index (χ3n) is 1.15. The Kier molecular flexibility index (Phi) is 3.38. The van der Waals surface area contributed by atoms with Crippen molar-refractivity contribution in [2.45, 2.75) is 6.92 Å². The van der Waals surface area contributed by atoms with E-state index in [0.29, 0.717) is 20.8 Å². The van der Waals surface area contributed by atoms with Gasteiger partial charge < -0.3 is 4.74 Å². The summed E-state index contributed by atoms with van der Waals surface area (Å²) in [5.74, 6) is -0.425. The van der Waals surface area contributed by atoms with Gasteiger partial charge in [-0.1, -0.05) is 23.2 Å². The second-order valence-electron chi connectivity index (χ2n) is 1.96. The van der Waals surface area contributed by atoms with Crippen molar-refractivity contribution in [2.24, 2.45) is 0 Å². The van der Waals surface area contributed by atoms with Gasteiger partial charge in [0, 0.05) is 0 Å². The molecule has 1 rings (SSSR count). The molecule has 0 aliphatic rings. The summed E-state index contributed by atoms with van der Waals surface area (Å²) in [6, 6.07) is 1.51. The van der Waals surface area contributed by atoms with Gasteiger partial charge in [0.15, 0.2) is 0 Å². The second-order valence-corrected chi connectivity index (χ2v) is 4.24. The van der Waals surface area contributed by atoms with Gasteiger partial charge in [-0.3, -0.25) is 0 Å². The molecule has 1 aromatic rings. The first-order valence-electron chi connectivity index (χ1n) is 3.27. The largest absolute Gasteiger partial charge is 0.462 e. The first-order valence-corrected chi connectivity index (χ1v) is 4.84. The lowest BCUT2D eigenvalue weighted by molar-refractivity contribution is 0.0527. The SMILES string of the molecule is CCOC(=O)c1cc(Cl)sc1Cl. The monoisotopic (exact) mass is 224 g/mol. The smallest absolute Gasteiger partial charge is 0.340 e. The van der Waals surface area contributed by atoms with E-state index in [0.717, 1.165) is 11.3 Å². The van der Waals surface area contributed by atoms with Crippen molar-refractivity contribution in [1.82, 2.24) is 0 Å². The molecule has 0 fully saturated rings. The van der Waals surface area contributed by atoms with Crippen LogP contribution in [0.1, 0.15) is 17.3 Å². The van der Waals surface area contributed by atoms with E-state index < -0.39 is 5.97 Å². The normalized spacial score (nSPS) is 9.92. The molecule has 0 aliphatic heterocycles. The van der Waals surface area contributed by atoms with E-state index in [1.165, 1.54) is 6.07 Å². The highest BCUT2D eigenvalue weighted by Gasteiger charge is 2.14. The summed E-state index contributed by atoms with van der Waals surface area (Å²) in [6.07, 6.45) is 0. The number of rotatable bonds is 2. The molecule has 0 aliphatic carbocycles. The Bertz CT molecular complexity index is 296. The van der Waals surface area contributed by atoms with Gasteiger partial charge in [0.05, 0.1) is 16.5 Å². The Morgan fingerprint density at radius 3 is 2.75 bits per heavy atom. The lowest BCUT2D eigenvalue weighted by atomic mass is 10.3. The highest BCUT2D eigenvalue weighted by Crippen LogP contribution is 2.31. The summed E-state index contributed by atoms with van der Waals surface area (Å²) in [4.78, 5) is 11.1. The molecular weight excluding hydrogens is 219 g/mol. The van der Waals surface area contributed by atoms with Crippen molar-refractivity contribution in [3.05, 3.63) is 20.3 Å². The highest BCUT2D eigenvalue weighted by molar-refractivity contribution is 7.20. The summed E-state index contributed by atoms with van der Waals surface area (Å²) in [7, 11) is 0. The van der Waals surface area contributed by atoms with E-state index >= 15 is 0 Å². The van der Waals surface area contributed by atoms with Gasteiger partial charge in [-0.2, -0.15) is 0 Å². The van der Waals surface area contributed by atoms with Crippen LogP contribution in [0, 0.1) is 0 Å². The first-order chi connectivity index (χ1) is 5.65. The standard InChI is InChI=1S/C7H6Cl2O2S/c1-2-11-7(10)4-3-5(8)12-6(4)9/h3H,2H2,1H3. The molecule has 1 heterocycles. The van der Waals surface area contributed by atoms with Gasteiger partial charge in [-0.15, -0.1) is 11.3 Å². The average Bonchev–Trinajstić information content (AvgIpc) is 2.30. The molecule has 66 valence electrons. The van der Waals surface area contributed by atoms with Crippen LogP contribution in [0.15, 0.2) is 6.07 Å². The number of hydrogen-bond donors (Lipinski definition) is 0. The molecule has 5 heteroatoms. The lowest BCUT2D eigenvalue weighted by Crippen LogP contribution is -2.03. The summed E-state index contributed by atoms with van der Waals surface area (Å²) in [5, 5.41) is 0. The van der Waals surface area contributed by atoms with Crippen LogP contribution in [-0.4, -0.2) is 12.6 Å². The van der Waals surface area contributed by atoms with Crippen LogP contribution in [0.3, 0.4) is 0 Å². The molecule has 2 nitrogen and oxygen atoms in total. The lowest BCUT2D eigenvalue weighted by Gasteiger charge is -1.97. The Hall–Kier alpha value is -0.250. The molecule has 0 amide bonds. The van der Waals surface area contributed by atoms with Crippen molar-refractivity contribution in [1.29, 1.82) is 0 Å². The fourth-order valence-electron chi connectivity index (χ4n) is 0.688. The number of halogens is 2. The van der Waals surface area contributed by atoms with Gasteiger partial charge in [0.2, 0.25) is 0 Å². The van der Waals surface area contributed by atoms with E-state index in [9.17, 15) is 4.79 Å². The number of carbonyl (C=O) groups is 1. The zero-order chi connectivity index (χ0) is 9.14. The predicted molar refractivity (Wildman–Crippen MR) is 50.3 cm³/mol. The minimum Gasteiger partial charge on any atom is -0.462 e. The Morgan fingerprint density at radius 1 is 1.67 bits per heavy atom. The summed E-state index contributed by atoms with van der Waals surface area (Å²) < 4.78 is 5.61. The zero-order valence-corrected chi connectivity index (χ0v) is 8.59. The maximum atomic E-state index is 11.1. The molecule has 0 N–H and O–H groups in total. The van der Waals surface area contributed by atoms with Crippen molar-refractivity contribution in [3.8, 4) is 0 Å². The van der Waals surface area contributed by atoms with Crippen molar-refractivity contribution in [2.75, 3.05) is 6.61 Å². The quantitative estimate of drug-likeness (QED) is 0.722. The van der Waals surface area contributed by atoms with E-state index in [-0.39, 0.29) is 0 Å². The van der Waals surface area contributed by atoms with E-state index in [1.807, 2.05) is 0 Å². The van der Waals surface area contributed by atoms with Crippen LogP contribution >= 0.6 is 34.5 Å². The van der Waals surface area contributed by atoms with Crippen LogP contribution in [0.4, 0.5) is 0 Å². The molecule has 0 saturated heterocycles. The first kappa shape index (κ1) is 9.84. The molecule has 0 radical (unpaired) electrons. The van der Waals surface area contributed by atoms with E-state index in [4.69, 9.17) is 27.9 Å². The van der Waals surface area contributed by atoms with Crippen LogP contribution in [-0.2, 0) is 4.74 Å². The van der Waals surface area contributed by atoms with Crippen LogP contribution < -0.4 is 0 Å². The highest BCUT2D eigenvalue weighted by atomic mass is 35.5. The Labute approximate surface area is 84.0 Å². The van der Waals surface area contributed by atoms with Crippen molar-refractivity contribution < 1.29 is 9.53 Å². The fourth-order valence-corrected chi connectivity index (χ4v) is 2.13. The minimum atomic E-state index is -0.425. The third kappa shape index (κ3) is 2.12. The van der Waals surface area contributed by atoms with Gasteiger partial charge in [0.1, 0.15) is 4.34 Å². The number of thiophene rings is 1. The maximum absolute atomic E-state index is 11.1. The summed E-state index contributed by atoms with van der Waals surface area (Å²) >= 11 is 12.5. The number of ether oxygens (including phenoxy) is 1.